The molecule has 1 amide bonds. The Morgan fingerprint density at radius 1 is 1.24 bits per heavy atom. The van der Waals surface area contributed by atoms with Gasteiger partial charge in [0.05, 0.1) is 5.69 Å². The Morgan fingerprint density at radius 3 is 2.72 bits per heavy atom. The Morgan fingerprint density at radius 2 is 2.00 bits per heavy atom. The van der Waals surface area contributed by atoms with Crippen LogP contribution in [0.25, 0.3) is 11.4 Å². The molecule has 0 aliphatic rings. The number of aromatic nitrogens is 2. The molecule has 0 fully saturated rings. The molecule has 0 saturated carbocycles. The van der Waals surface area contributed by atoms with Crippen molar-refractivity contribution in [1.82, 2.24) is 10.1 Å². The van der Waals surface area contributed by atoms with Gasteiger partial charge in [0.15, 0.2) is 0 Å². The molecular formula is C18H15BrFN3O2. The van der Waals surface area contributed by atoms with Crippen LogP contribution in [0.3, 0.4) is 0 Å². The summed E-state index contributed by atoms with van der Waals surface area (Å²) >= 11 is 3.17. The highest BCUT2D eigenvalue weighted by atomic mass is 79.9. The molecule has 0 spiro atoms. The topological polar surface area (TPSA) is 68.0 Å². The van der Waals surface area contributed by atoms with E-state index in [4.69, 9.17) is 4.52 Å². The molecule has 3 rings (SSSR count). The molecule has 0 radical (unpaired) electrons. The summed E-state index contributed by atoms with van der Waals surface area (Å²) in [7, 11) is 0. The fourth-order valence-corrected chi connectivity index (χ4v) is 2.53. The van der Waals surface area contributed by atoms with Crippen LogP contribution in [0.15, 0.2) is 51.5 Å². The van der Waals surface area contributed by atoms with Gasteiger partial charge in [-0.15, -0.1) is 0 Å². The summed E-state index contributed by atoms with van der Waals surface area (Å²) in [6, 6.07) is 12.2. The highest BCUT2D eigenvalue weighted by molar-refractivity contribution is 9.10. The van der Waals surface area contributed by atoms with Crippen molar-refractivity contribution >= 4 is 27.5 Å². The number of carbonyl (C=O) groups excluding carboxylic acids is 1. The van der Waals surface area contributed by atoms with Crippen LogP contribution in [0.5, 0.6) is 0 Å². The van der Waals surface area contributed by atoms with E-state index in [2.05, 4.69) is 31.4 Å². The zero-order valence-corrected chi connectivity index (χ0v) is 15.0. The van der Waals surface area contributed by atoms with Gasteiger partial charge >= 0.3 is 0 Å². The molecule has 25 heavy (non-hydrogen) atoms. The van der Waals surface area contributed by atoms with Crippen molar-refractivity contribution < 1.29 is 13.7 Å². The number of nitrogens with one attached hydrogen (secondary N) is 1. The average Bonchev–Trinajstić information content (AvgIpc) is 3.05. The maximum atomic E-state index is 13.7. The molecule has 0 atom stereocenters. The lowest BCUT2D eigenvalue weighted by atomic mass is 10.1. The van der Waals surface area contributed by atoms with Gasteiger partial charge in [-0.05, 0) is 25.1 Å². The predicted octanol–water partition coefficient (Wildman–Crippen LogP) is 4.52. The molecule has 2 aromatic carbocycles. The minimum Gasteiger partial charge on any atom is -0.339 e. The number of nitrogens with zero attached hydrogens (tertiary/aromatic N) is 2. The van der Waals surface area contributed by atoms with E-state index in [-0.39, 0.29) is 24.4 Å². The molecule has 0 bridgehead atoms. The second-order valence-corrected chi connectivity index (χ2v) is 6.47. The monoisotopic (exact) mass is 403 g/mol. The van der Waals surface area contributed by atoms with Crippen molar-refractivity contribution in [1.29, 1.82) is 0 Å². The standard InChI is InChI=1S/C18H15BrFN3O2/c1-11-2-4-12(5-3-11)18-22-17(25-23-18)9-8-16(24)21-15-7-6-13(19)10-14(15)20/h2-7,10H,8-9H2,1H3,(H,21,24). The van der Waals surface area contributed by atoms with E-state index in [9.17, 15) is 9.18 Å². The highest BCUT2D eigenvalue weighted by Gasteiger charge is 2.12. The van der Waals surface area contributed by atoms with E-state index in [0.29, 0.717) is 16.2 Å². The van der Waals surface area contributed by atoms with Crippen LogP contribution in [-0.2, 0) is 11.2 Å². The Hall–Kier alpha value is -2.54. The normalized spacial score (nSPS) is 10.7. The lowest BCUT2D eigenvalue weighted by Crippen LogP contribution is -2.13. The van der Waals surface area contributed by atoms with Gasteiger partial charge in [-0.3, -0.25) is 4.79 Å². The fraction of sp³-hybridized carbons (Fsp3) is 0.167. The van der Waals surface area contributed by atoms with Crippen LogP contribution in [0.1, 0.15) is 17.9 Å². The summed E-state index contributed by atoms with van der Waals surface area (Å²) in [6.45, 7) is 2.00. The number of benzene rings is 2. The summed E-state index contributed by atoms with van der Waals surface area (Å²) in [6.07, 6.45) is 0.397. The third-order valence-corrected chi connectivity index (χ3v) is 4.04. The maximum absolute atomic E-state index is 13.7. The molecule has 1 aromatic heterocycles. The minimum atomic E-state index is -0.498. The second kappa shape index (κ2) is 7.57. The lowest BCUT2D eigenvalue weighted by molar-refractivity contribution is -0.116. The molecular weight excluding hydrogens is 389 g/mol. The predicted molar refractivity (Wildman–Crippen MR) is 95.5 cm³/mol. The fourth-order valence-electron chi connectivity index (χ4n) is 2.20. The Balaban J connectivity index is 1.58. The van der Waals surface area contributed by atoms with Crippen molar-refractivity contribution in [2.75, 3.05) is 5.32 Å². The second-order valence-electron chi connectivity index (χ2n) is 5.55. The summed E-state index contributed by atoms with van der Waals surface area (Å²) in [5.74, 6) is 0.0230. The summed E-state index contributed by atoms with van der Waals surface area (Å²) in [5.41, 5.74) is 2.13. The van der Waals surface area contributed by atoms with Crippen molar-refractivity contribution in [2.24, 2.45) is 0 Å². The number of hydrogen-bond acceptors (Lipinski definition) is 4. The van der Waals surface area contributed by atoms with E-state index >= 15 is 0 Å². The lowest BCUT2D eigenvalue weighted by Gasteiger charge is -2.05. The first kappa shape index (κ1) is 17.3. The first-order valence-corrected chi connectivity index (χ1v) is 8.45. The van der Waals surface area contributed by atoms with E-state index < -0.39 is 5.82 Å². The average molecular weight is 404 g/mol. The van der Waals surface area contributed by atoms with Crippen LogP contribution in [0.2, 0.25) is 0 Å². The van der Waals surface area contributed by atoms with Gasteiger partial charge in [-0.2, -0.15) is 4.98 Å². The highest BCUT2D eigenvalue weighted by Crippen LogP contribution is 2.20. The van der Waals surface area contributed by atoms with Gasteiger partial charge in [0.25, 0.3) is 0 Å². The van der Waals surface area contributed by atoms with Gasteiger partial charge in [-0.25, -0.2) is 4.39 Å². The maximum Gasteiger partial charge on any atom is 0.227 e. The quantitative estimate of drug-likeness (QED) is 0.679. The molecule has 0 saturated heterocycles. The van der Waals surface area contributed by atoms with Crippen molar-refractivity contribution in [3.8, 4) is 11.4 Å². The number of anilines is 1. The smallest absolute Gasteiger partial charge is 0.227 e. The Labute approximate surface area is 152 Å². The molecule has 0 aliphatic heterocycles. The van der Waals surface area contributed by atoms with E-state index in [0.717, 1.165) is 11.1 Å². The number of halogens is 2. The Bertz CT molecular complexity index is 894. The van der Waals surface area contributed by atoms with Gasteiger partial charge < -0.3 is 9.84 Å². The molecule has 1 heterocycles. The van der Waals surface area contributed by atoms with Crippen LogP contribution in [0.4, 0.5) is 10.1 Å². The van der Waals surface area contributed by atoms with Crippen LogP contribution in [-0.4, -0.2) is 16.0 Å². The molecule has 3 aromatic rings. The SMILES string of the molecule is Cc1ccc(-c2noc(CCC(=O)Nc3ccc(Br)cc3F)n2)cc1. The van der Waals surface area contributed by atoms with Crippen LogP contribution in [0, 0.1) is 12.7 Å². The van der Waals surface area contributed by atoms with Crippen LogP contribution < -0.4 is 5.32 Å². The van der Waals surface area contributed by atoms with Gasteiger partial charge in [0.1, 0.15) is 5.82 Å². The largest absolute Gasteiger partial charge is 0.339 e. The zero-order chi connectivity index (χ0) is 17.8. The summed E-state index contributed by atoms with van der Waals surface area (Å²) < 4.78 is 19.5. The van der Waals surface area contributed by atoms with Crippen molar-refractivity contribution in [3.05, 3.63) is 64.2 Å². The van der Waals surface area contributed by atoms with Gasteiger partial charge in [-0.1, -0.05) is 50.9 Å². The third-order valence-electron chi connectivity index (χ3n) is 3.55. The first-order chi connectivity index (χ1) is 12.0. The molecule has 128 valence electrons. The molecule has 0 aliphatic carbocycles. The first-order valence-electron chi connectivity index (χ1n) is 7.66. The summed E-state index contributed by atoms with van der Waals surface area (Å²) in [4.78, 5) is 16.2. The van der Waals surface area contributed by atoms with Crippen molar-refractivity contribution in [2.45, 2.75) is 19.8 Å². The van der Waals surface area contributed by atoms with E-state index in [1.165, 1.54) is 12.1 Å². The van der Waals surface area contributed by atoms with Gasteiger partial charge in [0, 0.05) is 22.9 Å². The van der Waals surface area contributed by atoms with E-state index in [1.54, 1.807) is 6.07 Å². The Kier molecular flexibility index (Phi) is 5.23. The number of hydrogen-bond donors (Lipinski definition) is 1. The summed E-state index contributed by atoms with van der Waals surface area (Å²) in [5, 5.41) is 6.45. The van der Waals surface area contributed by atoms with Crippen molar-refractivity contribution in [3.63, 3.8) is 0 Å². The number of aryl methyl sites for hydroxylation is 2. The molecule has 5 nitrogen and oxygen atoms in total. The number of amides is 1. The molecule has 0 unspecified atom stereocenters. The van der Waals surface area contributed by atoms with Crippen LogP contribution >= 0.6 is 15.9 Å². The van der Waals surface area contributed by atoms with E-state index in [1.807, 2.05) is 31.2 Å². The third kappa shape index (κ3) is 4.51. The number of carbonyl (C=O) groups is 1. The number of rotatable bonds is 5. The van der Waals surface area contributed by atoms with Gasteiger partial charge in [0.2, 0.25) is 17.6 Å². The molecule has 1 N–H and O–H groups in total. The molecule has 7 heteroatoms. The minimum absolute atomic E-state index is 0.116. The zero-order valence-electron chi connectivity index (χ0n) is 13.4.